The van der Waals surface area contributed by atoms with Gasteiger partial charge in [-0.3, -0.25) is 29.5 Å². The predicted molar refractivity (Wildman–Crippen MR) is 267 cm³/mol. The molecule has 8 N–H and O–H groups in total. The summed E-state index contributed by atoms with van der Waals surface area (Å²) in [5.41, 5.74) is 6.86. The van der Waals surface area contributed by atoms with Gasteiger partial charge in [-0.1, -0.05) is 42.5 Å². The molecule has 0 aliphatic carbocycles. The van der Waals surface area contributed by atoms with E-state index in [0.717, 1.165) is 5.56 Å². The van der Waals surface area contributed by atoms with Gasteiger partial charge in [0.05, 0.1) is 30.2 Å². The number of nitrogens with two attached hydrogens (primary N) is 1. The number of ether oxygens (including phenoxy) is 5. The number of amides is 1. The van der Waals surface area contributed by atoms with Crippen molar-refractivity contribution in [3.63, 3.8) is 0 Å². The number of aliphatic carboxylic acids is 3. The number of nitrogens with one attached hydrogen (secondary N) is 3. The van der Waals surface area contributed by atoms with Gasteiger partial charge in [-0.05, 0) is 120 Å². The highest BCUT2D eigenvalue weighted by Crippen LogP contribution is 2.45. The van der Waals surface area contributed by atoms with Gasteiger partial charge in [0.15, 0.2) is 17.5 Å². The standard InChI is InChI=1S/C48H57N5O11.2C2HF3O2/c1-29(44(57)58)36-25-37-42(61-22-11-14-32-24-33(52-46(49)50)17-20-35(32)45(59)62-37)41(43(56)51-26-38(54)63-47(2,3)4)40(36)31-15-18-34(19-16-31)60-23-21-53(27-30-12-9-8-10-13-30)28-39(55)64-48(5,6)7;2*3-2(4,5)1(6)7/h8-10,12-13,15-20,24-25,29H,11,14,21-23,26-28H2,1-7H3,(H,51,56)(H,57,58)(H4,49,50,52);2*(H,6,7). The number of carbonyl (C=O) groups excluding carboxylic acids is 4. The van der Waals surface area contributed by atoms with E-state index in [1.165, 1.54) is 19.1 Å². The van der Waals surface area contributed by atoms with Gasteiger partial charge in [0.2, 0.25) is 0 Å². The third-order valence-electron chi connectivity index (χ3n) is 10.1. The van der Waals surface area contributed by atoms with Crippen molar-refractivity contribution in [3.8, 4) is 28.4 Å². The first-order chi connectivity index (χ1) is 36.1. The molecule has 1 unspecified atom stereocenters. The van der Waals surface area contributed by atoms with Gasteiger partial charge in [-0.2, -0.15) is 26.3 Å². The SMILES string of the molecule is CC(C(=O)O)c1cc2c(c(C(=O)NCC(=O)OC(C)(C)C)c1-c1ccc(OCCN(CC(=O)OC(C)(C)C)Cc3ccccc3)cc1)OCCCc1cc(NC(=N)N)ccc1C(=O)O2.O=C(O)C(F)(F)F.O=C(O)C(F)(F)F. The number of carbonyl (C=O) groups is 7. The minimum absolute atomic E-state index is 0.0377. The van der Waals surface area contributed by atoms with E-state index in [-0.39, 0.29) is 65.4 Å². The summed E-state index contributed by atoms with van der Waals surface area (Å²) in [6, 6.07) is 22.5. The summed E-state index contributed by atoms with van der Waals surface area (Å²) in [5, 5.41) is 37.6. The van der Waals surface area contributed by atoms with Gasteiger partial charge in [0.25, 0.3) is 5.91 Å². The molecule has 0 saturated carbocycles. The third-order valence-corrected chi connectivity index (χ3v) is 10.1. The first-order valence-corrected chi connectivity index (χ1v) is 23.4. The molecule has 424 valence electrons. The van der Waals surface area contributed by atoms with Crippen LogP contribution in [-0.2, 0) is 46.4 Å². The monoisotopic (exact) mass is 1110 g/mol. The van der Waals surface area contributed by atoms with Crippen molar-refractivity contribution in [3.05, 3.63) is 107 Å². The second-order valence-corrected chi connectivity index (χ2v) is 18.9. The van der Waals surface area contributed by atoms with Gasteiger partial charge in [0.1, 0.15) is 30.1 Å². The summed E-state index contributed by atoms with van der Waals surface area (Å²) in [4.78, 5) is 86.4. The molecular weight excluding hydrogens is 1050 g/mol. The molecule has 0 saturated heterocycles. The topological polar surface area (TPSA) is 304 Å². The first-order valence-electron chi connectivity index (χ1n) is 23.4. The molecule has 1 aliphatic heterocycles. The zero-order chi connectivity index (χ0) is 58.9. The molecule has 26 heteroatoms. The maximum Gasteiger partial charge on any atom is 0.490 e. The summed E-state index contributed by atoms with van der Waals surface area (Å²) in [6.07, 6.45) is -9.45. The molecule has 1 heterocycles. The van der Waals surface area contributed by atoms with Gasteiger partial charge in [0, 0.05) is 24.3 Å². The van der Waals surface area contributed by atoms with Crippen molar-refractivity contribution in [1.82, 2.24) is 10.2 Å². The number of rotatable bonds is 15. The predicted octanol–water partition coefficient (Wildman–Crippen LogP) is 7.95. The number of aryl methyl sites for hydroxylation is 1. The molecule has 0 bridgehead atoms. The van der Waals surface area contributed by atoms with Crippen molar-refractivity contribution in [2.45, 2.75) is 97.3 Å². The Balaban J connectivity index is 0.00000101. The fourth-order valence-electron chi connectivity index (χ4n) is 6.95. The highest BCUT2D eigenvalue weighted by molar-refractivity contribution is 6.07. The van der Waals surface area contributed by atoms with Crippen LogP contribution in [0.15, 0.2) is 78.9 Å². The number of esters is 3. The fourth-order valence-corrected chi connectivity index (χ4v) is 6.95. The quantitative estimate of drug-likeness (QED) is 0.0195. The number of hydrogen-bond donors (Lipinski definition) is 7. The Morgan fingerprint density at radius 3 is 1.90 bits per heavy atom. The van der Waals surface area contributed by atoms with Crippen molar-refractivity contribution in [2.24, 2.45) is 5.73 Å². The number of anilines is 1. The third kappa shape index (κ3) is 21.3. The van der Waals surface area contributed by atoms with Crippen LogP contribution in [0.2, 0.25) is 0 Å². The van der Waals surface area contributed by atoms with Gasteiger partial charge >= 0.3 is 48.2 Å². The van der Waals surface area contributed by atoms with Crippen LogP contribution in [0.1, 0.15) is 98.2 Å². The molecule has 20 nitrogen and oxygen atoms in total. The van der Waals surface area contributed by atoms with Gasteiger partial charge in [-0.25, -0.2) is 14.4 Å². The Morgan fingerprint density at radius 2 is 1.37 bits per heavy atom. The summed E-state index contributed by atoms with van der Waals surface area (Å²) in [6.45, 7) is 12.5. The van der Waals surface area contributed by atoms with Crippen LogP contribution in [-0.4, -0.2) is 124 Å². The first kappa shape index (κ1) is 63.9. The van der Waals surface area contributed by atoms with Gasteiger partial charge in [-0.15, -0.1) is 0 Å². The number of hydrogen-bond acceptors (Lipinski definition) is 14. The molecule has 78 heavy (non-hydrogen) atoms. The largest absolute Gasteiger partial charge is 0.492 e. The molecule has 0 spiro atoms. The molecule has 0 aromatic heterocycles. The summed E-state index contributed by atoms with van der Waals surface area (Å²) < 4.78 is 92.9. The fraction of sp³-hybridized carbons (Fsp3) is 0.385. The summed E-state index contributed by atoms with van der Waals surface area (Å²) >= 11 is 0. The van der Waals surface area contributed by atoms with Crippen LogP contribution in [0, 0.1) is 5.41 Å². The molecule has 0 fully saturated rings. The smallest absolute Gasteiger partial charge is 0.490 e. The molecular formula is C52H59F6N5O15. The minimum Gasteiger partial charge on any atom is -0.492 e. The highest BCUT2D eigenvalue weighted by atomic mass is 19.4. The lowest BCUT2D eigenvalue weighted by molar-refractivity contribution is -0.193. The Hall–Kier alpha value is -8.42. The van der Waals surface area contributed by atoms with E-state index in [9.17, 15) is 55.4 Å². The van der Waals surface area contributed by atoms with E-state index < -0.39 is 71.8 Å². The lowest BCUT2D eigenvalue weighted by Crippen LogP contribution is -2.36. The zero-order valence-corrected chi connectivity index (χ0v) is 43.3. The number of nitrogens with zero attached hydrogens (tertiary/aromatic N) is 1. The normalized spacial score (nSPS) is 12.9. The van der Waals surface area contributed by atoms with Crippen molar-refractivity contribution >= 4 is 53.4 Å². The zero-order valence-electron chi connectivity index (χ0n) is 43.3. The molecule has 1 aliphatic rings. The highest BCUT2D eigenvalue weighted by Gasteiger charge is 2.39. The number of guanidine groups is 1. The van der Waals surface area contributed by atoms with Crippen LogP contribution in [0.5, 0.6) is 17.2 Å². The van der Waals surface area contributed by atoms with Crippen molar-refractivity contribution in [1.29, 1.82) is 5.41 Å². The lowest BCUT2D eigenvalue weighted by atomic mass is 9.86. The van der Waals surface area contributed by atoms with E-state index >= 15 is 0 Å². The second kappa shape index (κ2) is 27.6. The summed E-state index contributed by atoms with van der Waals surface area (Å²) in [5.74, 6) is -10.8. The maximum absolute atomic E-state index is 14.5. The van der Waals surface area contributed by atoms with Crippen LogP contribution < -0.4 is 30.6 Å². The molecule has 4 aromatic carbocycles. The minimum atomic E-state index is -5.08. The van der Waals surface area contributed by atoms with Crippen LogP contribution in [0.25, 0.3) is 11.1 Å². The Morgan fingerprint density at radius 1 is 0.808 bits per heavy atom. The summed E-state index contributed by atoms with van der Waals surface area (Å²) in [7, 11) is 0. The second-order valence-electron chi connectivity index (χ2n) is 18.9. The average molecular weight is 1110 g/mol. The Labute approximate surface area is 443 Å². The Bertz CT molecular complexity index is 2770. The molecule has 4 aromatic rings. The molecule has 0 radical (unpaired) electrons. The number of halogens is 6. The Kier molecular flexibility index (Phi) is 22.6. The molecule has 1 atom stereocenters. The number of alkyl halides is 6. The van der Waals surface area contributed by atoms with E-state index in [1.807, 2.05) is 56.0 Å². The number of fused-ring (bicyclic) bond motifs is 2. The van der Waals surface area contributed by atoms with Crippen LogP contribution in [0.4, 0.5) is 32.0 Å². The van der Waals surface area contributed by atoms with E-state index in [1.54, 1.807) is 57.2 Å². The number of benzene rings is 4. The number of carboxylic acid groups (broad SMARTS) is 3. The number of carboxylic acids is 3. The molecule has 5 rings (SSSR count). The van der Waals surface area contributed by atoms with Crippen molar-refractivity contribution in [2.75, 3.05) is 38.2 Å². The van der Waals surface area contributed by atoms with E-state index in [0.29, 0.717) is 48.5 Å². The maximum atomic E-state index is 14.5. The van der Waals surface area contributed by atoms with Crippen LogP contribution >= 0.6 is 0 Å². The van der Waals surface area contributed by atoms with E-state index in [4.69, 9.17) is 54.6 Å². The van der Waals surface area contributed by atoms with Gasteiger partial charge < -0.3 is 55.4 Å². The average Bonchev–Trinajstić information content (AvgIpc) is 3.30. The molecule has 1 amide bonds. The van der Waals surface area contributed by atoms with Crippen molar-refractivity contribution < 1.29 is 98.9 Å². The lowest BCUT2D eigenvalue weighted by Gasteiger charge is -2.25. The van der Waals surface area contributed by atoms with Crippen LogP contribution in [0.3, 0.4) is 0 Å². The van der Waals surface area contributed by atoms with E-state index in [2.05, 4.69) is 10.6 Å².